The molecule has 0 saturated heterocycles. The molecule has 0 aliphatic heterocycles. The molecular formula is C16H14Cl2N2O. The van der Waals surface area contributed by atoms with Crippen molar-refractivity contribution in [2.45, 2.75) is 6.54 Å². The Morgan fingerprint density at radius 1 is 1.29 bits per heavy atom. The molecule has 0 atom stereocenters. The summed E-state index contributed by atoms with van der Waals surface area (Å²) in [6.45, 7) is 0.512. The average molecular weight is 321 g/mol. The van der Waals surface area contributed by atoms with Crippen molar-refractivity contribution >= 4 is 35.2 Å². The molecule has 108 valence electrons. The number of halogens is 2. The Hall–Kier alpha value is -1.84. The number of benzene rings is 1. The molecule has 1 aromatic carbocycles. The van der Waals surface area contributed by atoms with Crippen LogP contribution in [0.25, 0.3) is 6.08 Å². The van der Waals surface area contributed by atoms with Gasteiger partial charge in [-0.15, -0.1) is 0 Å². The average Bonchev–Trinajstić information content (AvgIpc) is 2.49. The number of hydrogen-bond donors (Lipinski definition) is 0. The van der Waals surface area contributed by atoms with Crippen LogP contribution >= 0.6 is 23.2 Å². The molecule has 21 heavy (non-hydrogen) atoms. The molecule has 3 nitrogen and oxygen atoms in total. The highest BCUT2D eigenvalue weighted by Crippen LogP contribution is 2.23. The first-order chi connectivity index (χ1) is 10.1. The third-order valence-electron chi connectivity index (χ3n) is 2.88. The summed E-state index contributed by atoms with van der Waals surface area (Å²) in [6, 6.07) is 9.00. The predicted molar refractivity (Wildman–Crippen MR) is 86.2 cm³/mol. The zero-order valence-electron chi connectivity index (χ0n) is 11.5. The van der Waals surface area contributed by atoms with Crippen LogP contribution in [0.4, 0.5) is 0 Å². The van der Waals surface area contributed by atoms with Crippen molar-refractivity contribution in [2.24, 2.45) is 0 Å². The highest BCUT2D eigenvalue weighted by molar-refractivity contribution is 6.42. The summed E-state index contributed by atoms with van der Waals surface area (Å²) in [5, 5.41) is 0.962. The second-order valence-corrected chi connectivity index (χ2v) is 5.38. The summed E-state index contributed by atoms with van der Waals surface area (Å²) in [6.07, 6.45) is 6.67. The fourth-order valence-corrected chi connectivity index (χ4v) is 2.06. The number of carbonyl (C=O) groups is 1. The van der Waals surface area contributed by atoms with Crippen LogP contribution in [-0.2, 0) is 11.3 Å². The minimum absolute atomic E-state index is 0.0927. The Bertz CT molecular complexity index is 657. The first kappa shape index (κ1) is 15.5. The van der Waals surface area contributed by atoms with Crippen molar-refractivity contribution < 1.29 is 4.79 Å². The number of nitrogens with zero attached hydrogens (tertiary/aromatic N) is 2. The van der Waals surface area contributed by atoms with E-state index in [1.54, 1.807) is 48.6 Å². The molecular weight excluding hydrogens is 307 g/mol. The van der Waals surface area contributed by atoms with E-state index in [1.165, 1.54) is 6.08 Å². The van der Waals surface area contributed by atoms with Crippen LogP contribution in [0.1, 0.15) is 11.1 Å². The molecule has 0 aliphatic rings. The lowest BCUT2D eigenvalue weighted by Crippen LogP contribution is -2.24. The molecule has 0 aliphatic carbocycles. The zero-order chi connectivity index (χ0) is 15.2. The minimum Gasteiger partial charge on any atom is -0.338 e. The third-order valence-corrected chi connectivity index (χ3v) is 3.62. The minimum atomic E-state index is -0.0927. The number of amides is 1. The van der Waals surface area contributed by atoms with Gasteiger partial charge in [-0.1, -0.05) is 35.3 Å². The second-order valence-electron chi connectivity index (χ2n) is 4.56. The number of carbonyl (C=O) groups excluding carboxylic acids is 1. The van der Waals surface area contributed by atoms with Gasteiger partial charge in [0.1, 0.15) is 0 Å². The fraction of sp³-hybridized carbons (Fsp3) is 0.125. The molecule has 0 unspecified atom stereocenters. The number of pyridine rings is 1. The van der Waals surface area contributed by atoms with Crippen LogP contribution in [0.3, 0.4) is 0 Å². The maximum Gasteiger partial charge on any atom is 0.246 e. The summed E-state index contributed by atoms with van der Waals surface area (Å²) >= 11 is 11.8. The second kappa shape index (κ2) is 7.25. The largest absolute Gasteiger partial charge is 0.338 e. The fourth-order valence-electron chi connectivity index (χ4n) is 1.75. The van der Waals surface area contributed by atoms with Crippen molar-refractivity contribution in [2.75, 3.05) is 7.05 Å². The summed E-state index contributed by atoms with van der Waals surface area (Å²) in [5.41, 5.74) is 1.81. The summed E-state index contributed by atoms with van der Waals surface area (Å²) in [7, 11) is 1.74. The molecule has 0 radical (unpaired) electrons. The summed E-state index contributed by atoms with van der Waals surface area (Å²) < 4.78 is 0. The van der Waals surface area contributed by atoms with E-state index in [1.807, 2.05) is 12.1 Å². The van der Waals surface area contributed by atoms with Gasteiger partial charge in [-0.05, 0) is 35.4 Å². The van der Waals surface area contributed by atoms with Gasteiger partial charge in [0.15, 0.2) is 0 Å². The zero-order valence-corrected chi connectivity index (χ0v) is 13.0. The van der Waals surface area contributed by atoms with Gasteiger partial charge in [-0.25, -0.2) is 0 Å². The van der Waals surface area contributed by atoms with Crippen molar-refractivity contribution in [1.29, 1.82) is 0 Å². The van der Waals surface area contributed by atoms with Gasteiger partial charge in [0.25, 0.3) is 0 Å². The molecule has 1 aromatic heterocycles. The number of aromatic nitrogens is 1. The normalized spacial score (nSPS) is 10.8. The van der Waals surface area contributed by atoms with Crippen LogP contribution in [-0.4, -0.2) is 22.8 Å². The van der Waals surface area contributed by atoms with Crippen LogP contribution in [0.15, 0.2) is 48.8 Å². The van der Waals surface area contributed by atoms with Gasteiger partial charge >= 0.3 is 0 Å². The van der Waals surface area contributed by atoms with Crippen LogP contribution < -0.4 is 0 Å². The lowest BCUT2D eigenvalue weighted by Gasteiger charge is -2.14. The smallest absolute Gasteiger partial charge is 0.246 e. The Morgan fingerprint density at radius 2 is 2.10 bits per heavy atom. The Morgan fingerprint density at radius 3 is 2.76 bits per heavy atom. The van der Waals surface area contributed by atoms with E-state index in [0.29, 0.717) is 16.6 Å². The topological polar surface area (TPSA) is 33.2 Å². The Balaban J connectivity index is 1.99. The van der Waals surface area contributed by atoms with E-state index in [4.69, 9.17) is 23.2 Å². The molecule has 1 heterocycles. The van der Waals surface area contributed by atoms with Gasteiger partial charge in [-0.3, -0.25) is 9.78 Å². The lowest BCUT2D eigenvalue weighted by molar-refractivity contribution is -0.125. The van der Waals surface area contributed by atoms with Gasteiger partial charge in [-0.2, -0.15) is 0 Å². The monoisotopic (exact) mass is 320 g/mol. The Kier molecular flexibility index (Phi) is 5.37. The van der Waals surface area contributed by atoms with Gasteiger partial charge in [0, 0.05) is 32.1 Å². The number of likely N-dealkylation sites (N-methyl/N-ethyl adjacent to an activating group) is 1. The molecule has 1 amide bonds. The highest BCUT2D eigenvalue weighted by atomic mass is 35.5. The quantitative estimate of drug-likeness (QED) is 0.796. The van der Waals surface area contributed by atoms with Crippen molar-refractivity contribution in [3.8, 4) is 0 Å². The van der Waals surface area contributed by atoms with Gasteiger partial charge in [0.2, 0.25) is 5.91 Å². The van der Waals surface area contributed by atoms with E-state index in [0.717, 1.165) is 11.1 Å². The van der Waals surface area contributed by atoms with E-state index in [-0.39, 0.29) is 5.91 Å². The van der Waals surface area contributed by atoms with E-state index >= 15 is 0 Å². The van der Waals surface area contributed by atoms with Crippen LogP contribution in [0.2, 0.25) is 10.0 Å². The lowest BCUT2D eigenvalue weighted by atomic mass is 10.2. The first-order valence-corrected chi connectivity index (χ1v) is 7.09. The van der Waals surface area contributed by atoms with Gasteiger partial charge < -0.3 is 4.90 Å². The molecule has 0 spiro atoms. The molecule has 0 fully saturated rings. The maximum atomic E-state index is 12.0. The number of hydrogen-bond acceptors (Lipinski definition) is 2. The van der Waals surface area contributed by atoms with E-state index < -0.39 is 0 Å². The highest BCUT2D eigenvalue weighted by Gasteiger charge is 2.05. The predicted octanol–water partition coefficient (Wildman–Crippen LogP) is 4.06. The Labute approximate surface area is 133 Å². The molecule has 2 rings (SSSR count). The maximum absolute atomic E-state index is 12.0. The number of rotatable bonds is 4. The first-order valence-electron chi connectivity index (χ1n) is 6.33. The van der Waals surface area contributed by atoms with E-state index in [9.17, 15) is 4.79 Å². The molecule has 0 bridgehead atoms. The van der Waals surface area contributed by atoms with Crippen LogP contribution in [0, 0.1) is 0 Å². The summed E-state index contributed by atoms with van der Waals surface area (Å²) in [4.78, 5) is 17.7. The van der Waals surface area contributed by atoms with Crippen molar-refractivity contribution in [1.82, 2.24) is 9.88 Å². The summed E-state index contributed by atoms with van der Waals surface area (Å²) in [5.74, 6) is -0.0927. The molecule has 0 saturated carbocycles. The van der Waals surface area contributed by atoms with Gasteiger partial charge in [0.05, 0.1) is 10.0 Å². The van der Waals surface area contributed by atoms with Crippen molar-refractivity contribution in [3.63, 3.8) is 0 Å². The van der Waals surface area contributed by atoms with Crippen molar-refractivity contribution in [3.05, 3.63) is 70.0 Å². The SMILES string of the molecule is CN(Cc1cccnc1)C(=O)/C=C/c1ccc(Cl)c(Cl)c1. The van der Waals surface area contributed by atoms with Crippen LogP contribution in [0.5, 0.6) is 0 Å². The molecule has 2 aromatic rings. The standard InChI is InChI=1S/C16H14Cl2N2O/c1-20(11-13-3-2-8-19-10-13)16(21)7-5-12-4-6-14(17)15(18)9-12/h2-10H,11H2,1H3/b7-5+. The third kappa shape index (κ3) is 4.59. The molecule has 0 N–H and O–H groups in total. The van der Waals surface area contributed by atoms with E-state index in [2.05, 4.69) is 4.98 Å². The molecule has 5 heteroatoms.